The third-order valence-electron chi connectivity index (χ3n) is 3.07. The summed E-state index contributed by atoms with van der Waals surface area (Å²) >= 11 is 8.31. The highest BCUT2D eigenvalue weighted by Gasteiger charge is 2.09. The van der Waals surface area contributed by atoms with Crippen molar-refractivity contribution in [3.63, 3.8) is 0 Å². The first-order valence-electron chi connectivity index (χ1n) is 7.30. The minimum Gasteiger partial charge on any atom is -0.483 e. The van der Waals surface area contributed by atoms with E-state index in [9.17, 15) is 9.59 Å². The van der Waals surface area contributed by atoms with Gasteiger partial charge < -0.3 is 4.74 Å². The zero-order chi connectivity index (χ0) is 18.2. The Hall–Kier alpha value is -2.45. The molecule has 2 rings (SSSR count). The van der Waals surface area contributed by atoms with Gasteiger partial charge in [-0.05, 0) is 55.0 Å². The van der Waals surface area contributed by atoms with Gasteiger partial charge in [0.15, 0.2) is 11.7 Å². The number of hydrazine groups is 1. The number of ether oxygens (including phenoxy) is 1. The zero-order valence-electron chi connectivity index (χ0n) is 13.3. The first kappa shape index (κ1) is 18.9. The number of carbonyl (C=O) groups excluding carboxylic acids is 2. The first-order valence-corrected chi connectivity index (χ1v) is 8.50. The van der Waals surface area contributed by atoms with Crippen LogP contribution in [0.4, 0.5) is 0 Å². The van der Waals surface area contributed by atoms with Crippen LogP contribution in [0.3, 0.4) is 0 Å². The highest BCUT2D eigenvalue weighted by molar-refractivity contribution is 9.10. The van der Waals surface area contributed by atoms with Crippen molar-refractivity contribution in [2.75, 3.05) is 6.61 Å². The minimum atomic E-state index is -0.436. The van der Waals surface area contributed by atoms with E-state index >= 15 is 0 Å². The highest BCUT2D eigenvalue weighted by atomic mass is 79.9. The maximum absolute atomic E-state index is 11.8. The lowest BCUT2D eigenvalue weighted by atomic mass is 10.2. The highest BCUT2D eigenvalue weighted by Crippen LogP contribution is 2.21. The molecule has 0 aliphatic rings. The van der Waals surface area contributed by atoms with Gasteiger partial charge in [0.05, 0.1) is 0 Å². The van der Waals surface area contributed by atoms with Crippen LogP contribution in [0.25, 0.3) is 0 Å². The molecule has 0 saturated heterocycles. The Bertz CT molecular complexity index is 784. The van der Waals surface area contributed by atoms with E-state index in [1.54, 1.807) is 30.3 Å². The molecule has 0 fully saturated rings. The minimum absolute atomic E-state index is 0.0228. The van der Waals surface area contributed by atoms with E-state index < -0.39 is 5.91 Å². The molecule has 0 heterocycles. The summed E-state index contributed by atoms with van der Waals surface area (Å²) in [5, 5.41) is 2.40. The van der Waals surface area contributed by atoms with Gasteiger partial charge in [0.25, 0.3) is 11.8 Å². The molecule has 2 aromatic rings. The van der Waals surface area contributed by atoms with Crippen LogP contribution in [0, 0.1) is 6.92 Å². The fraction of sp³-hybridized carbons (Fsp3) is 0.118. The summed E-state index contributed by atoms with van der Waals surface area (Å²) in [5.41, 5.74) is 6.24. The predicted octanol–water partition coefficient (Wildman–Crippen LogP) is 2.47. The first-order chi connectivity index (χ1) is 12.0. The van der Waals surface area contributed by atoms with Crippen molar-refractivity contribution in [2.45, 2.75) is 6.92 Å². The molecule has 3 N–H and O–H groups in total. The number of nitrogens with one attached hydrogen (secondary N) is 3. The van der Waals surface area contributed by atoms with Crippen LogP contribution in [0.1, 0.15) is 15.9 Å². The summed E-state index contributed by atoms with van der Waals surface area (Å²) in [6.07, 6.45) is 0. The van der Waals surface area contributed by atoms with Crippen molar-refractivity contribution in [1.82, 2.24) is 16.2 Å². The Balaban J connectivity index is 1.74. The van der Waals surface area contributed by atoms with Crippen molar-refractivity contribution in [2.24, 2.45) is 0 Å². The Morgan fingerprint density at radius 3 is 2.52 bits per heavy atom. The van der Waals surface area contributed by atoms with E-state index in [2.05, 4.69) is 32.1 Å². The lowest BCUT2D eigenvalue weighted by Gasteiger charge is -2.12. The van der Waals surface area contributed by atoms with Crippen LogP contribution in [0.15, 0.2) is 53.0 Å². The van der Waals surface area contributed by atoms with E-state index in [4.69, 9.17) is 17.0 Å². The number of rotatable bonds is 4. The number of hydrogen-bond donors (Lipinski definition) is 3. The molecule has 25 heavy (non-hydrogen) atoms. The molecule has 0 bridgehead atoms. The molecule has 2 amide bonds. The van der Waals surface area contributed by atoms with Crippen molar-refractivity contribution >= 4 is 45.1 Å². The monoisotopic (exact) mass is 421 g/mol. The predicted molar refractivity (Wildman–Crippen MR) is 102 cm³/mol. The standard InChI is InChI=1S/C17H16BrN3O3S/c1-11-9-13(18)7-8-14(11)24-10-15(22)19-17(25)21-20-16(23)12-5-3-2-4-6-12/h2-9H,10H2,1H3,(H,20,23)(H2,19,21,22,25). The second kappa shape index (κ2) is 9.14. The van der Waals surface area contributed by atoms with Gasteiger partial charge >= 0.3 is 0 Å². The summed E-state index contributed by atoms with van der Waals surface area (Å²) in [7, 11) is 0. The fourth-order valence-electron chi connectivity index (χ4n) is 1.89. The van der Waals surface area contributed by atoms with E-state index in [-0.39, 0.29) is 17.6 Å². The largest absolute Gasteiger partial charge is 0.483 e. The molecule has 0 unspecified atom stereocenters. The average molecular weight is 422 g/mol. The third kappa shape index (κ3) is 6.17. The Morgan fingerprint density at radius 2 is 1.84 bits per heavy atom. The molecule has 0 aliphatic heterocycles. The number of benzene rings is 2. The van der Waals surface area contributed by atoms with Gasteiger partial charge in [-0.25, -0.2) is 0 Å². The van der Waals surface area contributed by atoms with Crippen molar-refractivity contribution in [3.8, 4) is 5.75 Å². The molecular weight excluding hydrogens is 406 g/mol. The van der Waals surface area contributed by atoms with Crippen LogP contribution >= 0.6 is 28.1 Å². The molecule has 0 radical (unpaired) electrons. The normalized spacial score (nSPS) is 9.84. The van der Waals surface area contributed by atoms with E-state index in [1.807, 2.05) is 25.1 Å². The Labute approximate surface area is 159 Å². The molecule has 0 aliphatic carbocycles. The van der Waals surface area contributed by atoms with Gasteiger partial charge in [0.1, 0.15) is 5.75 Å². The molecule has 8 heteroatoms. The second-order valence-corrected chi connectivity index (χ2v) is 6.34. The Morgan fingerprint density at radius 1 is 1.12 bits per heavy atom. The van der Waals surface area contributed by atoms with E-state index in [1.165, 1.54) is 0 Å². The summed E-state index contributed by atoms with van der Waals surface area (Å²) in [6.45, 7) is 1.68. The average Bonchev–Trinajstić information content (AvgIpc) is 2.59. The van der Waals surface area contributed by atoms with Gasteiger partial charge in [-0.1, -0.05) is 34.1 Å². The SMILES string of the molecule is Cc1cc(Br)ccc1OCC(=O)NC(=S)NNC(=O)c1ccccc1. The number of aryl methyl sites for hydroxylation is 1. The van der Waals surface area contributed by atoms with Gasteiger partial charge in [0, 0.05) is 10.0 Å². The summed E-state index contributed by atoms with van der Waals surface area (Å²) in [6, 6.07) is 14.1. The van der Waals surface area contributed by atoms with E-state index in [0.717, 1.165) is 10.0 Å². The van der Waals surface area contributed by atoms with Gasteiger partial charge in [-0.15, -0.1) is 0 Å². The van der Waals surface area contributed by atoms with Crippen LogP contribution in [0.5, 0.6) is 5.75 Å². The van der Waals surface area contributed by atoms with Crippen molar-refractivity contribution in [1.29, 1.82) is 0 Å². The molecule has 6 nitrogen and oxygen atoms in total. The summed E-state index contributed by atoms with van der Waals surface area (Å²) in [4.78, 5) is 23.7. The molecule has 2 aromatic carbocycles. The fourth-order valence-corrected chi connectivity index (χ4v) is 2.53. The molecule has 0 atom stereocenters. The number of amides is 2. The van der Waals surface area contributed by atoms with Gasteiger partial charge in [0.2, 0.25) is 0 Å². The van der Waals surface area contributed by atoms with Crippen molar-refractivity contribution in [3.05, 3.63) is 64.1 Å². The Kier molecular flexibility index (Phi) is 6.91. The lowest BCUT2D eigenvalue weighted by molar-refractivity contribution is -0.121. The molecular formula is C17H16BrN3O3S. The van der Waals surface area contributed by atoms with Crippen LogP contribution in [-0.4, -0.2) is 23.5 Å². The number of hydrogen-bond acceptors (Lipinski definition) is 4. The number of halogens is 1. The number of carbonyl (C=O) groups is 2. The molecule has 0 aromatic heterocycles. The smallest absolute Gasteiger partial charge is 0.269 e. The molecule has 0 saturated carbocycles. The van der Waals surface area contributed by atoms with Crippen LogP contribution in [0.2, 0.25) is 0 Å². The zero-order valence-corrected chi connectivity index (χ0v) is 15.7. The maximum atomic E-state index is 11.8. The summed E-state index contributed by atoms with van der Waals surface area (Å²) in [5.74, 6) is -0.192. The van der Waals surface area contributed by atoms with Gasteiger partial charge in [-0.3, -0.25) is 25.8 Å². The third-order valence-corrected chi connectivity index (χ3v) is 3.77. The van der Waals surface area contributed by atoms with Crippen molar-refractivity contribution < 1.29 is 14.3 Å². The van der Waals surface area contributed by atoms with E-state index in [0.29, 0.717) is 11.3 Å². The van der Waals surface area contributed by atoms with Crippen LogP contribution < -0.4 is 20.9 Å². The lowest BCUT2D eigenvalue weighted by Crippen LogP contribution is -2.49. The topological polar surface area (TPSA) is 79.5 Å². The molecule has 0 spiro atoms. The summed E-state index contributed by atoms with van der Waals surface area (Å²) < 4.78 is 6.37. The second-order valence-electron chi connectivity index (χ2n) is 5.02. The quantitative estimate of drug-likeness (QED) is 0.521. The maximum Gasteiger partial charge on any atom is 0.269 e. The van der Waals surface area contributed by atoms with Gasteiger partial charge in [-0.2, -0.15) is 0 Å². The van der Waals surface area contributed by atoms with Crippen LogP contribution in [-0.2, 0) is 4.79 Å². The molecule has 130 valence electrons. The number of thiocarbonyl (C=S) groups is 1.